The van der Waals surface area contributed by atoms with Crippen LogP contribution in [-0.4, -0.2) is 31.1 Å². The molecule has 0 spiro atoms. The zero-order valence-electron chi connectivity index (χ0n) is 11.1. The lowest BCUT2D eigenvalue weighted by molar-refractivity contribution is 0.221. The number of para-hydroxylation sites is 1. The van der Waals surface area contributed by atoms with Crippen molar-refractivity contribution in [3.63, 3.8) is 0 Å². The molecule has 0 aliphatic heterocycles. The summed E-state index contributed by atoms with van der Waals surface area (Å²) in [6.07, 6.45) is 0. The van der Waals surface area contributed by atoms with E-state index in [1.54, 1.807) is 0 Å². The smallest absolute Gasteiger partial charge is 0.124 e. The van der Waals surface area contributed by atoms with Crippen LogP contribution < -0.4 is 10.5 Å². The monoisotopic (exact) mass is 236 g/mol. The lowest BCUT2D eigenvalue weighted by atomic mass is 10.1. The van der Waals surface area contributed by atoms with Gasteiger partial charge in [0.1, 0.15) is 12.4 Å². The second kappa shape index (κ2) is 7.30. The quantitative estimate of drug-likeness (QED) is 0.790. The number of ether oxygens (including phenoxy) is 1. The van der Waals surface area contributed by atoms with Gasteiger partial charge in [0, 0.05) is 18.2 Å². The minimum Gasteiger partial charge on any atom is -0.492 e. The summed E-state index contributed by atoms with van der Waals surface area (Å²) < 4.78 is 5.81. The Morgan fingerprint density at radius 3 is 2.47 bits per heavy atom. The van der Waals surface area contributed by atoms with Crippen LogP contribution >= 0.6 is 0 Å². The molecule has 1 rings (SSSR count). The summed E-state index contributed by atoms with van der Waals surface area (Å²) >= 11 is 0. The van der Waals surface area contributed by atoms with E-state index in [9.17, 15) is 0 Å². The molecule has 1 atom stereocenters. The second-order valence-electron chi connectivity index (χ2n) is 4.20. The van der Waals surface area contributed by atoms with Crippen molar-refractivity contribution in [3.05, 3.63) is 29.8 Å². The van der Waals surface area contributed by atoms with Crippen LogP contribution in [0.1, 0.15) is 32.4 Å². The van der Waals surface area contributed by atoms with Crippen molar-refractivity contribution in [3.8, 4) is 5.75 Å². The SMILES string of the molecule is CCN(CC)CCOc1ccccc1[C@H](C)N. The second-order valence-corrected chi connectivity index (χ2v) is 4.20. The summed E-state index contributed by atoms with van der Waals surface area (Å²) in [6, 6.07) is 8.01. The molecular weight excluding hydrogens is 212 g/mol. The van der Waals surface area contributed by atoms with Crippen LogP contribution in [0.3, 0.4) is 0 Å². The Kier molecular flexibility index (Phi) is 6.01. The first kappa shape index (κ1) is 14.0. The first-order valence-corrected chi connectivity index (χ1v) is 6.38. The highest BCUT2D eigenvalue weighted by Gasteiger charge is 2.07. The maximum atomic E-state index is 5.91. The molecule has 2 N–H and O–H groups in total. The third kappa shape index (κ3) is 4.36. The molecule has 0 radical (unpaired) electrons. The van der Waals surface area contributed by atoms with Gasteiger partial charge in [0.05, 0.1) is 0 Å². The normalized spacial score (nSPS) is 12.8. The van der Waals surface area contributed by atoms with E-state index in [0.29, 0.717) is 6.61 Å². The number of hydrogen-bond acceptors (Lipinski definition) is 3. The standard InChI is InChI=1S/C14H24N2O/c1-4-16(5-2)10-11-17-14-9-7-6-8-13(14)12(3)15/h6-9,12H,4-5,10-11,15H2,1-3H3/t12-/m0/s1. The first-order valence-electron chi connectivity index (χ1n) is 6.38. The third-order valence-electron chi connectivity index (χ3n) is 2.97. The van der Waals surface area contributed by atoms with E-state index >= 15 is 0 Å². The summed E-state index contributed by atoms with van der Waals surface area (Å²) in [6.45, 7) is 10.1. The van der Waals surface area contributed by atoms with Crippen LogP contribution in [-0.2, 0) is 0 Å². The number of nitrogens with zero attached hydrogens (tertiary/aromatic N) is 1. The molecule has 1 aromatic carbocycles. The molecule has 17 heavy (non-hydrogen) atoms. The Morgan fingerprint density at radius 2 is 1.88 bits per heavy atom. The Balaban J connectivity index is 2.51. The molecule has 0 saturated carbocycles. The van der Waals surface area contributed by atoms with Crippen LogP contribution in [0.5, 0.6) is 5.75 Å². The molecule has 0 aliphatic rings. The highest BCUT2D eigenvalue weighted by molar-refractivity contribution is 5.35. The van der Waals surface area contributed by atoms with E-state index < -0.39 is 0 Å². The van der Waals surface area contributed by atoms with Gasteiger partial charge in [-0.3, -0.25) is 0 Å². The summed E-state index contributed by atoms with van der Waals surface area (Å²) in [5.41, 5.74) is 6.98. The van der Waals surface area contributed by atoms with Gasteiger partial charge in [-0.15, -0.1) is 0 Å². The fraction of sp³-hybridized carbons (Fsp3) is 0.571. The molecular formula is C14H24N2O. The molecule has 3 nitrogen and oxygen atoms in total. The number of nitrogens with two attached hydrogens (primary N) is 1. The first-order chi connectivity index (χ1) is 8.19. The van der Waals surface area contributed by atoms with Crippen molar-refractivity contribution >= 4 is 0 Å². The average molecular weight is 236 g/mol. The fourth-order valence-electron chi connectivity index (χ4n) is 1.81. The number of hydrogen-bond donors (Lipinski definition) is 1. The predicted molar refractivity (Wildman–Crippen MR) is 72.3 cm³/mol. The van der Waals surface area contributed by atoms with Crippen molar-refractivity contribution in [2.45, 2.75) is 26.8 Å². The lowest BCUT2D eigenvalue weighted by Crippen LogP contribution is -2.28. The van der Waals surface area contributed by atoms with Gasteiger partial charge in [0.25, 0.3) is 0 Å². The zero-order valence-corrected chi connectivity index (χ0v) is 11.1. The minimum absolute atomic E-state index is 0.0136. The van der Waals surface area contributed by atoms with Crippen LogP contribution in [0.4, 0.5) is 0 Å². The Labute approximate surface area is 105 Å². The molecule has 0 aromatic heterocycles. The van der Waals surface area contributed by atoms with Gasteiger partial charge in [-0.1, -0.05) is 32.0 Å². The molecule has 1 aromatic rings. The van der Waals surface area contributed by atoms with Gasteiger partial charge in [0.2, 0.25) is 0 Å². The van der Waals surface area contributed by atoms with Crippen molar-refractivity contribution in [1.29, 1.82) is 0 Å². The van der Waals surface area contributed by atoms with E-state index in [1.807, 2.05) is 31.2 Å². The van der Waals surface area contributed by atoms with Gasteiger partial charge < -0.3 is 15.4 Å². The Hall–Kier alpha value is -1.06. The summed E-state index contributed by atoms with van der Waals surface area (Å²) in [5.74, 6) is 0.912. The topological polar surface area (TPSA) is 38.5 Å². The molecule has 3 heteroatoms. The summed E-state index contributed by atoms with van der Waals surface area (Å²) in [4.78, 5) is 2.34. The zero-order chi connectivity index (χ0) is 12.7. The van der Waals surface area contributed by atoms with E-state index in [4.69, 9.17) is 10.5 Å². The van der Waals surface area contributed by atoms with Crippen LogP contribution in [0.25, 0.3) is 0 Å². The minimum atomic E-state index is 0.0136. The van der Waals surface area contributed by atoms with Crippen LogP contribution in [0, 0.1) is 0 Å². The van der Waals surface area contributed by atoms with Crippen molar-refractivity contribution in [2.24, 2.45) is 5.73 Å². The van der Waals surface area contributed by atoms with Crippen LogP contribution in [0.15, 0.2) is 24.3 Å². The van der Waals surface area contributed by atoms with E-state index in [2.05, 4.69) is 18.7 Å². The molecule has 96 valence electrons. The highest BCUT2D eigenvalue weighted by atomic mass is 16.5. The van der Waals surface area contributed by atoms with Crippen molar-refractivity contribution < 1.29 is 4.74 Å². The molecule has 0 bridgehead atoms. The third-order valence-corrected chi connectivity index (χ3v) is 2.97. The van der Waals surface area contributed by atoms with E-state index in [1.165, 1.54) is 0 Å². The van der Waals surface area contributed by atoms with E-state index in [-0.39, 0.29) is 6.04 Å². The Morgan fingerprint density at radius 1 is 1.24 bits per heavy atom. The van der Waals surface area contributed by atoms with Crippen molar-refractivity contribution in [1.82, 2.24) is 4.90 Å². The van der Waals surface area contributed by atoms with Gasteiger partial charge in [-0.05, 0) is 26.1 Å². The highest BCUT2D eigenvalue weighted by Crippen LogP contribution is 2.22. The van der Waals surface area contributed by atoms with Gasteiger partial charge >= 0.3 is 0 Å². The molecule has 0 fully saturated rings. The fourth-order valence-corrected chi connectivity index (χ4v) is 1.81. The molecule has 0 unspecified atom stereocenters. The van der Waals surface area contributed by atoms with E-state index in [0.717, 1.165) is 30.9 Å². The lowest BCUT2D eigenvalue weighted by Gasteiger charge is -2.19. The number of rotatable bonds is 7. The maximum Gasteiger partial charge on any atom is 0.124 e. The largest absolute Gasteiger partial charge is 0.492 e. The van der Waals surface area contributed by atoms with Crippen LogP contribution in [0.2, 0.25) is 0 Å². The van der Waals surface area contributed by atoms with Gasteiger partial charge in [0.15, 0.2) is 0 Å². The summed E-state index contributed by atoms with van der Waals surface area (Å²) in [7, 11) is 0. The van der Waals surface area contributed by atoms with Gasteiger partial charge in [-0.25, -0.2) is 0 Å². The number of benzene rings is 1. The summed E-state index contributed by atoms with van der Waals surface area (Å²) in [5, 5.41) is 0. The van der Waals surface area contributed by atoms with Crippen molar-refractivity contribution in [2.75, 3.05) is 26.2 Å². The molecule has 0 heterocycles. The predicted octanol–water partition coefficient (Wildman–Crippen LogP) is 2.43. The molecule has 0 aliphatic carbocycles. The molecule has 0 amide bonds. The Bertz CT molecular complexity index is 322. The molecule has 0 saturated heterocycles. The number of likely N-dealkylation sites (N-methyl/N-ethyl adjacent to an activating group) is 1. The average Bonchev–Trinajstić information content (AvgIpc) is 2.35. The van der Waals surface area contributed by atoms with Gasteiger partial charge in [-0.2, -0.15) is 0 Å². The maximum absolute atomic E-state index is 5.91.